The van der Waals surface area contributed by atoms with Crippen molar-refractivity contribution >= 4 is 5.97 Å². The molecule has 4 heteroatoms. The van der Waals surface area contributed by atoms with Crippen LogP contribution < -0.4 is 5.32 Å². The highest BCUT2D eigenvalue weighted by Crippen LogP contribution is 1.93. The van der Waals surface area contributed by atoms with Crippen LogP contribution in [0.1, 0.15) is 33.6 Å². The molecule has 15 heavy (non-hydrogen) atoms. The number of nitrogens with one attached hydrogen (secondary N) is 1. The van der Waals surface area contributed by atoms with Crippen molar-refractivity contribution in [1.29, 1.82) is 0 Å². The quantitative estimate of drug-likeness (QED) is 0.468. The summed E-state index contributed by atoms with van der Waals surface area (Å²) in [5.74, 6) is -0.220. The lowest BCUT2D eigenvalue weighted by Crippen LogP contribution is -2.42. The monoisotopic (exact) mass is 217 g/mol. The smallest absolute Gasteiger partial charge is 0.325 e. The van der Waals surface area contributed by atoms with Gasteiger partial charge < -0.3 is 14.8 Å². The average Bonchev–Trinajstić information content (AvgIpc) is 2.23. The van der Waals surface area contributed by atoms with Crippen molar-refractivity contribution in [2.45, 2.75) is 39.7 Å². The molecular weight excluding hydrogens is 194 g/mol. The molecule has 0 saturated heterocycles. The summed E-state index contributed by atoms with van der Waals surface area (Å²) < 4.78 is 10.3. The van der Waals surface area contributed by atoms with Crippen LogP contribution >= 0.6 is 0 Å². The minimum absolute atomic E-state index is 0.220. The molecule has 0 fully saturated rings. The number of hydrogen-bond acceptors (Lipinski definition) is 4. The van der Waals surface area contributed by atoms with Crippen LogP contribution in [0.3, 0.4) is 0 Å². The van der Waals surface area contributed by atoms with E-state index >= 15 is 0 Å². The first-order chi connectivity index (χ1) is 7.26. The maximum Gasteiger partial charge on any atom is 0.325 e. The van der Waals surface area contributed by atoms with E-state index in [4.69, 9.17) is 9.47 Å². The first-order valence-electron chi connectivity index (χ1n) is 5.73. The van der Waals surface area contributed by atoms with Gasteiger partial charge in [-0.3, -0.25) is 4.79 Å². The summed E-state index contributed by atoms with van der Waals surface area (Å²) in [6.07, 6.45) is 1.95. The lowest BCUT2D eigenvalue weighted by atomic mass is 10.3. The molecule has 0 aromatic carbocycles. The highest BCUT2D eigenvalue weighted by molar-refractivity contribution is 5.75. The van der Waals surface area contributed by atoms with Gasteiger partial charge in [0, 0.05) is 6.61 Å². The number of rotatable bonds is 9. The molecule has 1 atom stereocenters. The van der Waals surface area contributed by atoms with Gasteiger partial charge in [-0.05, 0) is 26.3 Å². The van der Waals surface area contributed by atoms with Gasteiger partial charge in [0.2, 0.25) is 0 Å². The van der Waals surface area contributed by atoms with Gasteiger partial charge in [0.25, 0.3) is 0 Å². The predicted molar refractivity (Wildman–Crippen MR) is 59.8 cm³/mol. The van der Waals surface area contributed by atoms with Crippen molar-refractivity contribution in [1.82, 2.24) is 5.32 Å². The first-order valence-corrected chi connectivity index (χ1v) is 5.73. The van der Waals surface area contributed by atoms with Crippen molar-refractivity contribution in [2.75, 3.05) is 26.4 Å². The lowest BCUT2D eigenvalue weighted by molar-refractivity contribution is -0.147. The lowest BCUT2D eigenvalue weighted by Gasteiger charge is -2.16. The normalized spacial score (nSPS) is 12.5. The number of carbonyl (C=O) groups excluding carboxylic acids is 1. The highest BCUT2D eigenvalue weighted by atomic mass is 16.5. The Labute approximate surface area is 92.3 Å². The zero-order chi connectivity index (χ0) is 11.5. The number of esters is 1. The molecule has 0 amide bonds. The molecule has 0 aliphatic carbocycles. The van der Waals surface area contributed by atoms with Crippen molar-refractivity contribution in [3.63, 3.8) is 0 Å². The predicted octanol–water partition coefficient (Wildman–Crippen LogP) is 1.34. The van der Waals surface area contributed by atoms with Crippen LogP contribution in [0.2, 0.25) is 0 Å². The Morgan fingerprint density at radius 1 is 1.27 bits per heavy atom. The van der Waals surface area contributed by atoms with Gasteiger partial charge in [-0.2, -0.15) is 0 Å². The molecule has 90 valence electrons. The molecule has 0 saturated carbocycles. The van der Waals surface area contributed by atoms with E-state index in [0.717, 1.165) is 19.4 Å². The topological polar surface area (TPSA) is 47.6 Å². The molecule has 4 nitrogen and oxygen atoms in total. The minimum atomic E-state index is -0.323. The van der Waals surface area contributed by atoms with Crippen LogP contribution in [0.15, 0.2) is 0 Å². The zero-order valence-electron chi connectivity index (χ0n) is 10.0. The van der Waals surface area contributed by atoms with Gasteiger partial charge in [0.15, 0.2) is 0 Å². The number of carbonyl (C=O) groups is 1. The highest BCUT2D eigenvalue weighted by Gasteiger charge is 2.18. The fourth-order valence-corrected chi connectivity index (χ4v) is 1.12. The zero-order valence-corrected chi connectivity index (χ0v) is 10.0. The number of ether oxygens (including phenoxy) is 2. The van der Waals surface area contributed by atoms with Gasteiger partial charge in [-0.25, -0.2) is 0 Å². The minimum Gasteiger partial charge on any atom is -0.465 e. The molecule has 1 unspecified atom stereocenters. The SMILES string of the molecule is CCCNC(COCCC)C(=O)OCC. The largest absolute Gasteiger partial charge is 0.465 e. The van der Waals surface area contributed by atoms with E-state index in [1.165, 1.54) is 0 Å². The van der Waals surface area contributed by atoms with Crippen molar-refractivity contribution in [2.24, 2.45) is 0 Å². The van der Waals surface area contributed by atoms with Crippen LogP contribution in [-0.4, -0.2) is 38.4 Å². The maximum atomic E-state index is 11.5. The van der Waals surface area contributed by atoms with Gasteiger partial charge >= 0.3 is 5.97 Å². The molecule has 0 bridgehead atoms. The summed E-state index contributed by atoms with van der Waals surface area (Å²) >= 11 is 0. The molecule has 0 radical (unpaired) electrons. The van der Waals surface area contributed by atoms with E-state index < -0.39 is 0 Å². The van der Waals surface area contributed by atoms with Gasteiger partial charge in [0.05, 0.1) is 13.2 Å². The first kappa shape index (κ1) is 14.4. The molecule has 1 N–H and O–H groups in total. The van der Waals surface area contributed by atoms with E-state index in [1.54, 1.807) is 0 Å². The fraction of sp³-hybridized carbons (Fsp3) is 0.909. The standard InChI is InChI=1S/C11H23NO3/c1-4-7-12-10(9-14-8-5-2)11(13)15-6-3/h10,12H,4-9H2,1-3H3. The van der Waals surface area contributed by atoms with Gasteiger partial charge in [-0.15, -0.1) is 0 Å². The second kappa shape index (κ2) is 9.93. The molecule has 0 rings (SSSR count). The summed E-state index contributed by atoms with van der Waals surface area (Å²) in [6, 6.07) is -0.323. The van der Waals surface area contributed by atoms with E-state index in [1.807, 2.05) is 13.8 Å². The van der Waals surface area contributed by atoms with Crippen LogP contribution in [0.5, 0.6) is 0 Å². The van der Waals surface area contributed by atoms with Crippen LogP contribution in [-0.2, 0) is 14.3 Å². The van der Waals surface area contributed by atoms with Crippen molar-refractivity contribution < 1.29 is 14.3 Å². The Hall–Kier alpha value is -0.610. The van der Waals surface area contributed by atoms with Gasteiger partial charge in [0.1, 0.15) is 6.04 Å². The summed E-state index contributed by atoms with van der Waals surface area (Å²) in [6.45, 7) is 8.20. The third-order valence-electron chi connectivity index (χ3n) is 1.84. The third kappa shape index (κ3) is 7.33. The number of hydrogen-bond donors (Lipinski definition) is 1. The average molecular weight is 217 g/mol. The molecule has 0 aliphatic heterocycles. The fourth-order valence-electron chi connectivity index (χ4n) is 1.12. The van der Waals surface area contributed by atoms with E-state index in [0.29, 0.717) is 19.8 Å². The maximum absolute atomic E-state index is 11.5. The molecule has 0 aromatic heterocycles. The molecule has 0 spiro atoms. The summed E-state index contributed by atoms with van der Waals surface area (Å²) in [5.41, 5.74) is 0. The van der Waals surface area contributed by atoms with Crippen LogP contribution in [0.25, 0.3) is 0 Å². The third-order valence-corrected chi connectivity index (χ3v) is 1.84. The van der Waals surface area contributed by atoms with Crippen LogP contribution in [0.4, 0.5) is 0 Å². The second-order valence-corrected chi connectivity index (χ2v) is 3.33. The van der Waals surface area contributed by atoms with Crippen molar-refractivity contribution in [3.05, 3.63) is 0 Å². The molecule has 0 aromatic rings. The van der Waals surface area contributed by atoms with Crippen LogP contribution in [0, 0.1) is 0 Å². The Morgan fingerprint density at radius 3 is 2.53 bits per heavy atom. The Bertz CT molecular complexity index is 162. The summed E-state index contributed by atoms with van der Waals surface area (Å²) in [4.78, 5) is 11.5. The summed E-state index contributed by atoms with van der Waals surface area (Å²) in [5, 5.41) is 3.11. The second-order valence-electron chi connectivity index (χ2n) is 3.33. The molecule has 0 heterocycles. The Balaban J connectivity index is 3.87. The molecular formula is C11H23NO3. The van der Waals surface area contributed by atoms with E-state index in [9.17, 15) is 4.79 Å². The van der Waals surface area contributed by atoms with E-state index in [2.05, 4.69) is 12.2 Å². The Morgan fingerprint density at radius 2 is 2.00 bits per heavy atom. The Kier molecular flexibility index (Phi) is 9.52. The van der Waals surface area contributed by atoms with Gasteiger partial charge in [-0.1, -0.05) is 13.8 Å². The summed E-state index contributed by atoms with van der Waals surface area (Å²) in [7, 11) is 0. The van der Waals surface area contributed by atoms with Crippen molar-refractivity contribution in [3.8, 4) is 0 Å². The van der Waals surface area contributed by atoms with E-state index in [-0.39, 0.29) is 12.0 Å². The molecule has 0 aliphatic rings.